The van der Waals surface area contributed by atoms with Crippen molar-refractivity contribution in [3.05, 3.63) is 10.6 Å². The smallest absolute Gasteiger partial charge is 0.273 e. The molecule has 48 valence electrons. The standard InChI is InChI=1S/C4H3ClN2OS/c1-2-3(4(5)8)6-7-9-2/h1H3. The van der Waals surface area contributed by atoms with E-state index < -0.39 is 5.24 Å². The fourth-order valence-corrected chi connectivity index (χ4v) is 1.11. The van der Waals surface area contributed by atoms with Gasteiger partial charge < -0.3 is 0 Å². The molecule has 0 spiro atoms. The lowest BCUT2D eigenvalue weighted by Crippen LogP contribution is -1.90. The Morgan fingerprint density at radius 2 is 2.44 bits per heavy atom. The van der Waals surface area contributed by atoms with Crippen molar-refractivity contribution in [3.8, 4) is 0 Å². The van der Waals surface area contributed by atoms with Gasteiger partial charge in [-0.2, -0.15) is 0 Å². The monoisotopic (exact) mass is 162 g/mol. The lowest BCUT2D eigenvalue weighted by molar-refractivity contribution is 0.107. The van der Waals surface area contributed by atoms with Gasteiger partial charge in [0.25, 0.3) is 5.24 Å². The van der Waals surface area contributed by atoms with Crippen molar-refractivity contribution in [1.82, 2.24) is 9.59 Å². The van der Waals surface area contributed by atoms with Gasteiger partial charge in [0.1, 0.15) is 0 Å². The average molecular weight is 163 g/mol. The van der Waals surface area contributed by atoms with Crippen LogP contribution in [0.5, 0.6) is 0 Å². The van der Waals surface area contributed by atoms with Gasteiger partial charge in [0.15, 0.2) is 5.69 Å². The first-order valence-electron chi connectivity index (χ1n) is 2.20. The minimum absolute atomic E-state index is 0.265. The third-order valence-electron chi connectivity index (χ3n) is 0.838. The molecular formula is C4H3ClN2OS. The van der Waals surface area contributed by atoms with Crippen molar-refractivity contribution < 1.29 is 4.79 Å². The molecule has 0 aliphatic carbocycles. The van der Waals surface area contributed by atoms with Gasteiger partial charge in [-0.05, 0) is 30.1 Å². The van der Waals surface area contributed by atoms with Gasteiger partial charge in [-0.25, -0.2) is 0 Å². The van der Waals surface area contributed by atoms with Crippen LogP contribution in [-0.4, -0.2) is 14.8 Å². The zero-order chi connectivity index (χ0) is 6.85. The molecule has 0 unspecified atom stereocenters. The van der Waals surface area contributed by atoms with E-state index in [4.69, 9.17) is 11.6 Å². The maximum Gasteiger partial charge on any atom is 0.273 e. The Bertz CT molecular complexity index is 234. The maximum absolute atomic E-state index is 10.4. The molecule has 5 heteroatoms. The van der Waals surface area contributed by atoms with Crippen LogP contribution in [0.3, 0.4) is 0 Å². The molecule has 0 fully saturated rings. The van der Waals surface area contributed by atoms with Crippen molar-refractivity contribution in [3.63, 3.8) is 0 Å². The lowest BCUT2D eigenvalue weighted by atomic mass is 10.4. The lowest BCUT2D eigenvalue weighted by Gasteiger charge is -1.80. The largest absolute Gasteiger partial charge is 0.274 e. The highest BCUT2D eigenvalue weighted by atomic mass is 35.5. The van der Waals surface area contributed by atoms with E-state index in [1.807, 2.05) is 0 Å². The summed E-state index contributed by atoms with van der Waals surface area (Å²) in [6.45, 7) is 1.75. The molecule has 1 rings (SSSR count). The van der Waals surface area contributed by atoms with E-state index in [1.54, 1.807) is 6.92 Å². The Kier molecular flexibility index (Phi) is 1.78. The Morgan fingerprint density at radius 3 is 2.67 bits per heavy atom. The summed E-state index contributed by atoms with van der Waals surface area (Å²) in [5.74, 6) is 0. The minimum Gasteiger partial charge on any atom is -0.274 e. The van der Waals surface area contributed by atoms with Crippen molar-refractivity contribution in [1.29, 1.82) is 0 Å². The summed E-state index contributed by atoms with van der Waals surface area (Å²) in [5, 5.41) is 2.96. The number of carbonyl (C=O) groups excluding carboxylic acids is 1. The van der Waals surface area contributed by atoms with E-state index in [-0.39, 0.29) is 5.69 Å². The highest BCUT2D eigenvalue weighted by Crippen LogP contribution is 2.09. The van der Waals surface area contributed by atoms with E-state index in [1.165, 1.54) is 11.5 Å². The molecule has 1 aromatic heterocycles. The second-order valence-electron chi connectivity index (χ2n) is 1.45. The Morgan fingerprint density at radius 1 is 1.78 bits per heavy atom. The quantitative estimate of drug-likeness (QED) is 0.584. The molecule has 0 N–H and O–H groups in total. The Labute approximate surface area is 60.8 Å². The molecule has 0 saturated heterocycles. The fraction of sp³-hybridized carbons (Fsp3) is 0.250. The van der Waals surface area contributed by atoms with Crippen LogP contribution in [0.25, 0.3) is 0 Å². The van der Waals surface area contributed by atoms with Crippen LogP contribution in [0.1, 0.15) is 15.4 Å². The van der Waals surface area contributed by atoms with Crippen LogP contribution in [0.4, 0.5) is 0 Å². The summed E-state index contributed by atoms with van der Waals surface area (Å²) in [7, 11) is 0. The number of rotatable bonds is 1. The molecule has 0 bridgehead atoms. The van der Waals surface area contributed by atoms with Crippen LogP contribution in [-0.2, 0) is 0 Å². The maximum atomic E-state index is 10.4. The molecule has 1 aromatic rings. The highest BCUT2D eigenvalue weighted by Gasteiger charge is 2.08. The summed E-state index contributed by atoms with van der Waals surface area (Å²) >= 11 is 6.28. The number of nitrogens with zero attached hydrogens (tertiary/aromatic N) is 2. The predicted molar refractivity (Wildman–Crippen MR) is 34.8 cm³/mol. The van der Waals surface area contributed by atoms with E-state index >= 15 is 0 Å². The second kappa shape index (κ2) is 2.41. The molecular weight excluding hydrogens is 160 g/mol. The van der Waals surface area contributed by atoms with Gasteiger partial charge in [0, 0.05) is 0 Å². The van der Waals surface area contributed by atoms with E-state index in [0.29, 0.717) is 0 Å². The summed E-state index contributed by atoms with van der Waals surface area (Å²) in [6.07, 6.45) is 0. The molecule has 0 atom stereocenters. The summed E-state index contributed by atoms with van der Waals surface area (Å²) in [4.78, 5) is 11.2. The van der Waals surface area contributed by atoms with Crippen molar-refractivity contribution in [2.75, 3.05) is 0 Å². The first-order valence-corrected chi connectivity index (χ1v) is 3.35. The SMILES string of the molecule is Cc1snnc1C(=O)Cl. The molecule has 0 amide bonds. The Balaban J connectivity index is 3.08. The van der Waals surface area contributed by atoms with Crippen LogP contribution in [0.2, 0.25) is 0 Å². The average Bonchev–Trinajstić information content (AvgIpc) is 2.13. The summed E-state index contributed by atoms with van der Waals surface area (Å²) in [5.41, 5.74) is 0.265. The number of carbonyl (C=O) groups is 1. The molecule has 1 heterocycles. The number of hydrogen-bond acceptors (Lipinski definition) is 4. The second-order valence-corrected chi connectivity index (χ2v) is 2.75. The van der Waals surface area contributed by atoms with E-state index in [2.05, 4.69) is 9.59 Å². The third-order valence-corrected chi connectivity index (χ3v) is 1.65. The van der Waals surface area contributed by atoms with Gasteiger partial charge in [-0.15, -0.1) is 5.10 Å². The van der Waals surface area contributed by atoms with Gasteiger partial charge in [-0.1, -0.05) is 4.49 Å². The number of hydrogen-bond donors (Lipinski definition) is 0. The molecule has 9 heavy (non-hydrogen) atoms. The van der Waals surface area contributed by atoms with Gasteiger partial charge >= 0.3 is 0 Å². The predicted octanol–water partition coefficient (Wildman–Crippen LogP) is 1.23. The van der Waals surface area contributed by atoms with E-state index in [9.17, 15) is 4.79 Å². The van der Waals surface area contributed by atoms with Crippen LogP contribution >= 0.6 is 23.1 Å². The van der Waals surface area contributed by atoms with Gasteiger partial charge in [0.05, 0.1) is 4.88 Å². The molecule has 0 aliphatic rings. The topological polar surface area (TPSA) is 42.9 Å². The molecule has 0 aromatic carbocycles. The highest BCUT2D eigenvalue weighted by molar-refractivity contribution is 7.06. The van der Waals surface area contributed by atoms with Gasteiger partial charge in [-0.3, -0.25) is 4.79 Å². The van der Waals surface area contributed by atoms with Crippen LogP contribution in [0.15, 0.2) is 0 Å². The fourth-order valence-electron chi connectivity index (χ4n) is 0.414. The molecule has 3 nitrogen and oxygen atoms in total. The zero-order valence-electron chi connectivity index (χ0n) is 4.59. The zero-order valence-corrected chi connectivity index (χ0v) is 6.16. The normalized spacial score (nSPS) is 9.56. The van der Waals surface area contributed by atoms with Crippen LogP contribution < -0.4 is 0 Å². The summed E-state index contributed by atoms with van der Waals surface area (Å²) in [6, 6.07) is 0. The summed E-state index contributed by atoms with van der Waals surface area (Å²) < 4.78 is 3.53. The van der Waals surface area contributed by atoms with E-state index in [0.717, 1.165) is 4.88 Å². The first-order chi connectivity index (χ1) is 4.22. The number of halogens is 1. The molecule has 0 radical (unpaired) electrons. The van der Waals surface area contributed by atoms with Crippen molar-refractivity contribution >= 4 is 28.4 Å². The van der Waals surface area contributed by atoms with Crippen molar-refractivity contribution in [2.45, 2.75) is 6.92 Å². The molecule has 0 saturated carbocycles. The van der Waals surface area contributed by atoms with Crippen molar-refractivity contribution in [2.24, 2.45) is 0 Å². The Hall–Kier alpha value is -0.480. The minimum atomic E-state index is -0.541. The number of aryl methyl sites for hydroxylation is 1. The van der Waals surface area contributed by atoms with Gasteiger partial charge in [0.2, 0.25) is 0 Å². The van der Waals surface area contributed by atoms with Crippen LogP contribution in [0, 0.1) is 6.92 Å². The number of aromatic nitrogens is 2. The molecule has 0 aliphatic heterocycles. The third kappa shape index (κ3) is 1.25. The first kappa shape index (κ1) is 6.64.